The van der Waals surface area contributed by atoms with Gasteiger partial charge in [-0.2, -0.15) is 0 Å². The summed E-state index contributed by atoms with van der Waals surface area (Å²) in [6.45, 7) is 2.96. The summed E-state index contributed by atoms with van der Waals surface area (Å²) in [5.41, 5.74) is 9.82. The van der Waals surface area contributed by atoms with Crippen LogP contribution in [-0.4, -0.2) is 43.4 Å². The van der Waals surface area contributed by atoms with E-state index in [1.54, 1.807) is 0 Å². The van der Waals surface area contributed by atoms with Gasteiger partial charge in [0.05, 0.1) is 6.54 Å². The Labute approximate surface area is 83.8 Å². The average molecular weight is 202 g/mol. The van der Waals surface area contributed by atoms with Crippen molar-refractivity contribution in [2.75, 3.05) is 26.7 Å². The molecular formula is C8H18N4O2. The third-order valence-corrected chi connectivity index (χ3v) is 1.54. The van der Waals surface area contributed by atoms with Crippen LogP contribution in [0.25, 0.3) is 0 Å². The summed E-state index contributed by atoms with van der Waals surface area (Å²) in [6.07, 6.45) is 0.851. The number of nitrogens with zero attached hydrogens (tertiary/aromatic N) is 1. The third kappa shape index (κ3) is 7.51. The molecule has 0 aromatic carbocycles. The molecule has 0 aliphatic carbocycles. The molecule has 0 aliphatic rings. The maximum absolute atomic E-state index is 11.1. The Morgan fingerprint density at radius 3 is 2.50 bits per heavy atom. The van der Waals surface area contributed by atoms with Gasteiger partial charge in [-0.25, -0.2) is 0 Å². The van der Waals surface area contributed by atoms with Gasteiger partial charge in [-0.3, -0.25) is 25.3 Å². The predicted octanol–water partition coefficient (Wildman–Crippen LogP) is -1.57. The van der Waals surface area contributed by atoms with Gasteiger partial charge < -0.3 is 5.73 Å². The Kier molecular flexibility index (Phi) is 6.69. The molecule has 0 atom stereocenters. The van der Waals surface area contributed by atoms with E-state index in [-0.39, 0.29) is 18.4 Å². The second-order valence-corrected chi connectivity index (χ2v) is 3.11. The molecule has 0 saturated heterocycles. The standard InChI is InChI=1S/C8H18N4O2/c1-7(13)10-11-8(14)6-12(2)5-3-4-9/h3-6,9H2,1-2H3,(H,10,13)(H,11,14). The van der Waals surface area contributed by atoms with E-state index in [0.717, 1.165) is 13.0 Å². The fourth-order valence-corrected chi connectivity index (χ4v) is 0.883. The summed E-state index contributed by atoms with van der Waals surface area (Å²) < 4.78 is 0. The average Bonchev–Trinajstić information content (AvgIpc) is 2.11. The summed E-state index contributed by atoms with van der Waals surface area (Å²) in [5, 5.41) is 0. The molecule has 0 aromatic heterocycles. The maximum Gasteiger partial charge on any atom is 0.252 e. The molecule has 6 nitrogen and oxygen atoms in total. The van der Waals surface area contributed by atoms with Crippen molar-refractivity contribution in [3.63, 3.8) is 0 Å². The second-order valence-electron chi connectivity index (χ2n) is 3.11. The van der Waals surface area contributed by atoms with Gasteiger partial charge in [0.2, 0.25) is 5.91 Å². The number of amides is 2. The maximum atomic E-state index is 11.1. The molecule has 0 saturated carbocycles. The van der Waals surface area contributed by atoms with Gasteiger partial charge in [-0.1, -0.05) is 0 Å². The molecule has 0 fully saturated rings. The van der Waals surface area contributed by atoms with Crippen molar-refractivity contribution in [2.24, 2.45) is 5.73 Å². The van der Waals surface area contributed by atoms with E-state index in [0.29, 0.717) is 6.54 Å². The van der Waals surface area contributed by atoms with E-state index in [2.05, 4.69) is 10.9 Å². The first-order chi connectivity index (χ1) is 6.56. The minimum absolute atomic E-state index is 0.236. The molecule has 0 unspecified atom stereocenters. The van der Waals surface area contributed by atoms with Crippen molar-refractivity contribution in [1.82, 2.24) is 15.8 Å². The molecule has 82 valence electrons. The zero-order valence-electron chi connectivity index (χ0n) is 8.67. The zero-order valence-corrected chi connectivity index (χ0v) is 8.67. The van der Waals surface area contributed by atoms with Gasteiger partial charge >= 0.3 is 0 Å². The highest BCUT2D eigenvalue weighted by Gasteiger charge is 2.05. The number of nitrogens with two attached hydrogens (primary N) is 1. The fourth-order valence-electron chi connectivity index (χ4n) is 0.883. The number of nitrogens with one attached hydrogen (secondary N) is 2. The van der Waals surface area contributed by atoms with Crippen molar-refractivity contribution in [3.05, 3.63) is 0 Å². The van der Waals surface area contributed by atoms with Crippen LogP contribution in [0, 0.1) is 0 Å². The minimum atomic E-state index is -0.289. The Hall–Kier alpha value is -1.14. The highest BCUT2D eigenvalue weighted by Crippen LogP contribution is 1.84. The molecule has 0 radical (unpaired) electrons. The fraction of sp³-hybridized carbons (Fsp3) is 0.750. The van der Waals surface area contributed by atoms with Crippen LogP contribution in [0.2, 0.25) is 0 Å². The lowest BCUT2D eigenvalue weighted by atomic mass is 10.4. The van der Waals surface area contributed by atoms with E-state index < -0.39 is 0 Å². The lowest BCUT2D eigenvalue weighted by Gasteiger charge is -2.15. The summed E-state index contributed by atoms with van der Waals surface area (Å²) >= 11 is 0. The highest BCUT2D eigenvalue weighted by atomic mass is 16.2. The van der Waals surface area contributed by atoms with Crippen LogP contribution < -0.4 is 16.6 Å². The molecule has 0 heterocycles. The van der Waals surface area contributed by atoms with E-state index >= 15 is 0 Å². The lowest BCUT2D eigenvalue weighted by Crippen LogP contribution is -2.45. The quantitative estimate of drug-likeness (QED) is 0.470. The van der Waals surface area contributed by atoms with Crippen LogP contribution in [0.3, 0.4) is 0 Å². The van der Waals surface area contributed by atoms with Crippen molar-refractivity contribution < 1.29 is 9.59 Å². The van der Waals surface area contributed by atoms with Gasteiger partial charge in [0, 0.05) is 6.92 Å². The number of carbonyl (C=O) groups excluding carboxylic acids is 2. The molecule has 6 heteroatoms. The van der Waals surface area contributed by atoms with Crippen LogP contribution in [0.4, 0.5) is 0 Å². The number of carbonyl (C=O) groups is 2. The van der Waals surface area contributed by atoms with Gasteiger partial charge in [-0.15, -0.1) is 0 Å². The first-order valence-electron chi connectivity index (χ1n) is 4.50. The molecule has 0 rings (SSSR count). The summed E-state index contributed by atoms with van der Waals surface area (Å²) in [7, 11) is 1.82. The number of hydrazine groups is 1. The smallest absolute Gasteiger partial charge is 0.252 e. The summed E-state index contributed by atoms with van der Waals surface area (Å²) in [5.74, 6) is -0.525. The third-order valence-electron chi connectivity index (χ3n) is 1.54. The number of likely N-dealkylation sites (N-methyl/N-ethyl adjacent to an activating group) is 1. The van der Waals surface area contributed by atoms with Crippen molar-refractivity contribution in [3.8, 4) is 0 Å². The molecule has 2 amide bonds. The molecule has 0 aromatic rings. The first-order valence-corrected chi connectivity index (χ1v) is 4.50. The van der Waals surface area contributed by atoms with E-state index in [1.165, 1.54) is 6.92 Å². The van der Waals surface area contributed by atoms with E-state index in [1.807, 2.05) is 11.9 Å². The van der Waals surface area contributed by atoms with Crippen LogP contribution >= 0.6 is 0 Å². The SMILES string of the molecule is CC(=O)NNC(=O)CN(C)CCCN. The number of hydrogen-bond acceptors (Lipinski definition) is 4. The van der Waals surface area contributed by atoms with E-state index in [4.69, 9.17) is 5.73 Å². The monoisotopic (exact) mass is 202 g/mol. The van der Waals surface area contributed by atoms with Gasteiger partial charge in [-0.05, 0) is 26.6 Å². The Bertz CT molecular complexity index is 196. The van der Waals surface area contributed by atoms with Crippen molar-refractivity contribution in [1.29, 1.82) is 0 Å². The molecule has 4 N–H and O–H groups in total. The minimum Gasteiger partial charge on any atom is -0.330 e. The van der Waals surface area contributed by atoms with Gasteiger partial charge in [0.15, 0.2) is 0 Å². The zero-order chi connectivity index (χ0) is 11.0. The van der Waals surface area contributed by atoms with Gasteiger partial charge in [0.25, 0.3) is 5.91 Å². The van der Waals surface area contributed by atoms with Crippen molar-refractivity contribution in [2.45, 2.75) is 13.3 Å². The second kappa shape index (κ2) is 7.28. The van der Waals surface area contributed by atoms with Crippen molar-refractivity contribution >= 4 is 11.8 Å². The molecular weight excluding hydrogens is 184 g/mol. The Morgan fingerprint density at radius 1 is 1.36 bits per heavy atom. The Balaban J connectivity index is 3.55. The Morgan fingerprint density at radius 2 is 2.00 bits per heavy atom. The first kappa shape index (κ1) is 12.9. The van der Waals surface area contributed by atoms with Crippen LogP contribution in [0.5, 0.6) is 0 Å². The summed E-state index contributed by atoms with van der Waals surface area (Å²) in [6, 6.07) is 0. The lowest BCUT2D eigenvalue weighted by molar-refractivity contribution is -0.128. The van der Waals surface area contributed by atoms with Crippen LogP contribution in [0.15, 0.2) is 0 Å². The molecule has 0 aliphatic heterocycles. The highest BCUT2D eigenvalue weighted by molar-refractivity contribution is 5.81. The predicted molar refractivity (Wildman–Crippen MR) is 53.1 cm³/mol. The number of hydrogen-bond donors (Lipinski definition) is 3. The molecule has 14 heavy (non-hydrogen) atoms. The van der Waals surface area contributed by atoms with E-state index in [9.17, 15) is 9.59 Å². The summed E-state index contributed by atoms with van der Waals surface area (Å²) in [4.78, 5) is 23.4. The topological polar surface area (TPSA) is 87.5 Å². The van der Waals surface area contributed by atoms with Crippen LogP contribution in [0.1, 0.15) is 13.3 Å². The normalized spacial score (nSPS) is 10.0. The van der Waals surface area contributed by atoms with Gasteiger partial charge in [0.1, 0.15) is 0 Å². The largest absolute Gasteiger partial charge is 0.330 e. The molecule has 0 spiro atoms. The number of rotatable bonds is 5. The van der Waals surface area contributed by atoms with Crippen LogP contribution in [-0.2, 0) is 9.59 Å². The molecule has 0 bridgehead atoms.